The summed E-state index contributed by atoms with van der Waals surface area (Å²) in [5.74, 6) is -1.07. The summed E-state index contributed by atoms with van der Waals surface area (Å²) in [6.07, 6.45) is 0. The lowest BCUT2D eigenvalue weighted by molar-refractivity contribution is -0.120. The van der Waals surface area contributed by atoms with Crippen LogP contribution in [0.4, 0.5) is 0 Å². The number of carbonyl (C=O) groups is 2. The lowest BCUT2D eigenvalue weighted by Crippen LogP contribution is -2.39. The van der Waals surface area contributed by atoms with E-state index in [1.165, 1.54) is 19.1 Å². The Balaban J connectivity index is 2.96. The predicted octanol–water partition coefficient (Wildman–Crippen LogP) is 1.76. The fraction of sp³-hybridized carbons (Fsp3) is 0.333. The molecule has 16 heavy (non-hydrogen) atoms. The van der Waals surface area contributed by atoms with Gasteiger partial charge in [-0.25, -0.2) is 4.79 Å². The molecule has 86 valence electrons. The number of rotatable bonds is 3. The highest BCUT2D eigenvalue weighted by Gasteiger charge is 2.21. The summed E-state index contributed by atoms with van der Waals surface area (Å²) in [5, 5.41) is 11.6. The van der Waals surface area contributed by atoms with Gasteiger partial charge in [0, 0.05) is 6.92 Å². The molecule has 0 aliphatic carbocycles. The van der Waals surface area contributed by atoms with Crippen molar-refractivity contribution in [2.24, 2.45) is 0 Å². The van der Waals surface area contributed by atoms with Crippen molar-refractivity contribution in [3.05, 3.63) is 35.4 Å². The minimum atomic E-state index is -0.955. The summed E-state index contributed by atoms with van der Waals surface area (Å²) < 4.78 is 0. The molecule has 1 aromatic rings. The Morgan fingerprint density at radius 1 is 1.19 bits per heavy atom. The number of carbonyl (C=O) groups excluding carboxylic acids is 1. The number of hydrogen-bond acceptors (Lipinski definition) is 2. The lowest BCUT2D eigenvalue weighted by atomic mass is 9.93. The van der Waals surface area contributed by atoms with E-state index >= 15 is 0 Å². The van der Waals surface area contributed by atoms with Gasteiger partial charge in [-0.2, -0.15) is 0 Å². The third-order valence-electron chi connectivity index (χ3n) is 2.34. The molecule has 0 spiro atoms. The van der Waals surface area contributed by atoms with E-state index in [1.54, 1.807) is 12.1 Å². The molecule has 2 N–H and O–H groups in total. The molecule has 0 saturated heterocycles. The maximum Gasteiger partial charge on any atom is 0.335 e. The van der Waals surface area contributed by atoms with Crippen LogP contribution in [0.3, 0.4) is 0 Å². The molecule has 1 rings (SSSR count). The van der Waals surface area contributed by atoms with Crippen LogP contribution in [0, 0.1) is 0 Å². The zero-order valence-electron chi connectivity index (χ0n) is 9.57. The van der Waals surface area contributed by atoms with Gasteiger partial charge >= 0.3 is 5.97 Å². The number of carboxylic acids is 1. The van der Waals surface area contributed by atoms with Crippen molar-refractivity contribution in [1.82, 2.24) is 5.32 Å². The zero-order valence-corrected chi connectivity index (χ0v) is 9.57. The minimum Gasteiger partial charge on any atom is -0.478 e. The number of hydrogen-bond donors (Lipinski definition) is 2. The van der Waals surface area contributed by atoms with Gasteiger partial charge in [0.25, 0.3) is 0 Å². The number of benzene rings is 1. The first kappa shape index (κ1) is 12.2. The van der Waals surface area contributed by atoms with E-state index in [0.717, 1.165) is 5.56 Å². The van der Waals surface area contributed by atoms with Gasteiger partial charge < -0.3 is 10.4 Å². The van der Waals surface area contributed by atoms with E-state index < -0.39 is 11.5 Å². The summed E-state index contributed by atoms with van der Waals surface area (Å²) in [5.41, 5.74) is 0.609. The van der Waals surface area contributed by atoms with Crippen LogP contribution in [0.25, 0.3) is 0 Å². The van der Waals surface area contributed by atoms with Crippen LogP contribution < -0.4 is 5.32 Å². The van der Waals surface area contributed by atoms with Crippen LogP contribution in [-0.4, -0.2) is 17.0 Å². The topological polar surface area (TPSA) is 66.4 Å². The smallest absolute Gasteiger partial charge is 0.335 e. The van der Waals surface area contributed by atoms with E-state index in [2.05, 4.69) is 5.32 Å². The molecule has 4 heteroatoms. The molecule has 0 unspecified atom stereocenters. The third kappa shape index (κ3) is 2.82. The highest BCUT2D eigenvalue weighted by Crippen LogP contribution is 2.20. The average Bonchev–Trinajstić information content (AvgIpc) is 2.16. The Morgan fingerprint density at radius 3 is 2.06 bits per heavy atom. The van der Waals surface area contributed by atoms with Crippen LogP contribution >= 0.6 is 0 Å². The third-order valence-corrected chi connectivity index (χ3v) is 2.34. The van der Waals surface area contributed by atoms with Gasteiger partial charge in [-0.1, -0.05) is 12.1 Å². The second-order valence-electron chi connectivity index (χ2n) is 4.19. The van der Waals surface area contributed by atoms with E-state index in [1.807, 2.05) is 13.8 Å². The zero-order chi connectivity index (χ0) is 12.3. The molecule has 0 atom stereocenters. The second-order valence-corrected chi connectivity index (χ2v) is 4.19. The highest BCUT2D eigenvalue weighted by molar-refractivity contribution is 5.87. The summed E-state index contributed by atoms with van der Waals surface area (Å²) >= 11 is 0. The fourth-order valence-corrected chi connectivity index (χ4v) is 1.54. The van der Waals surface area contributed by atoms with Gasteiger partial charge in [-0.15, -0.1) is 0 Å². The van der Waals surface area contributed by atoms with Crippen molar-refractivity contribution < 1.29 is 14.7 Å². The number of aromatic carboxylic acids is 1. The van der Waals surface area contributed by atoms with E-state index in [0.29, 0.717) is 0 Å². The second kappa shape index (κ2) is 4.35. The van der Waals surface area contributed by atoms with Gasteiger partial charge in [0.2, 0.25) is 5.91 Å². The summed E-state index contributed by atoms with van der Waals surface area (Å²) in [4.78, 5) is 21.7. The largest absolute Gasteiger partial charge is 0.478 e. The molecule has 0 bridgehead atoms. The minimum absolute atomic E-state index is 0.118. The molecular weight excluding hydrogens is 206 g/mol. The summed E-state index contributed by atoms with van der Waals surface area (Å²) in [6.45, 7) is 5.18. The van der Waals surface area contributed by atoms with Gasteiger partial charge in [0.05, 0.1) is 11.1 Å². The molecule has 0 saturated carbocycles. The van der Waals surface area contributed by atoms with Crippen LogP contribution in [-0.2, 0) is 10.3 Å². The fourth-order valence-electron chi connectivity index (χ4n) is 1.54. The van der Waals surface area contributed by atoms with Crippen molar-refractivity contribution in [2.75, 3.05) is 0 Å². The Morgan fingerprint density at radius 2 is 1.69 bits per heavy atom. The Labute approximate surface area is 94.3 Å². The molecule has 0 aliphatic heterocycles. The van der Waals surface area contributed by atoms with Gasteiger partial charge in [0.1, 0.15) is 0 Å². The first-order valence-corrected chi connectivity index (χ1v) is 4.95. The first-order valence-electron chi connectivity index (χ1n) is 4.95. The molecule has 0 fully saturated rings. The molecule has 1 amide bonds. The van der Waals surface area contributed by atoms with Crippen molar-refractivity contribution in [3.63, 3.8) is 0 Å². The molecule has 0 radical (unpaired) electrons. The van der Waals surface area contributed by atoms with Gasteiger partial charge in [-0.05, 0) is 31.5 Å². The molecule has 0 aromatic heterocycles. The van der Waals surface area contributed by atoms with Gasteiger partial charge in [0.15, 0.2) is 0 Å². The lowest BCUT2D eigenvalue weighted by Gasteiger charge is -2.26. The standard InChI is InChI=1S/C12H15NO3/c1-8(14)13-12(2,3)10-6-4-9(5-7-10)11(15)16/h4-7H,1-3H3,(H,13,14)(H,15,16). The number of amides is 1. The Bertz CT molecular complexity index is 407. The predicted molar refractivity (Wildman–Crippen MR) is 60.2 cm³/mol. The summed E-state index contributed by atoms with van der Waals surface area (Å²) in [6, 6.07) is 6.47. The van der Waals surface area contributed by atoms with Crippen LogP contribution in [0.15, 0.2) is 24.3 Å². The van der Waals surface area contributed by atoms with Crippen LogP contribution in [0.2, 0.25) is 0 Å². The molecular formula is C12H15NO3. The van der Waals surface area contributed by atoms with Gasteiger partial charge in [-0.3, -0.25) is 4.79 Å². The monoisotopic (exact) mass is 221 g/mol. The number of carboxylic acid groups (broad SMARTS) is 1. The van der Waals surface area contributed by atoms with E-state index in [9.17, 15) is 9.59 Å². The van der Waals surface area contributed by atoms with E-state index in [4.69, 9.17) is 5.11 Å². The summed E-state index contributed by atoms with van der Waals surface area (Å²) in [7, 11) is 0. The van der Waals surface area contributed by atoms with Crippen molar-refractivity contribution >= 4 is 11.9 Å². The number of nitrogens with one attached hydrogen (secondary N) is 1. The van der Waals surface area contributed by atoms with Crippen LogP contribution in [0.5, 0.6) is 0 Å². The average molecular weight is 221 g/mol. The van der Waals surface area contributed by atoms with Crippen LogP contribution in [0.1, 0.15) is 36.7 Å². The van der Waals surface area contributed by atoms with Crippen molar-refractivity contribution in [3.8, 4) is 0 Å². The maximum absolute atomic E-state index is 11.0. The molecule has 4 nitrogen and oxygen atoms in total. The SMILES string of the molecule is CC(=O)NC(C)(C)c1ccc(C(=O)O)cc1. The highest BCUT2D eigenvalue weighted by atomic mass is 16.4. The van der Waals surface area contributed by atoms with Crippen molar-refractivity contribution in [2.45, 2.75) is 26.3 Å². The Kier molecular flexibility index (Phi) is 3.32. The van der Waals surface area contributed by atoms with E-state index in [-0.39, 0.29) is 11.5 Å². The normalized spacial score (nSPS) is 10.9. The maximum atomic E-state index is 11.0. The Hall–Kier alpha value is -1.84. The molecule has 0 aliphatic rings. The van der Waals surface area contributed by atoms with Crippen molar-refractivity contribution in [1.29, 1.82) is 0 Å². The first-order chi connectivity index (χ1) is 7.33. The molecule has 0 heterocycles. The molecule has 1 aromatic carbocycles. The quantitative estimate of drug-likeness (QED) is 0.817.